The number of nitrogens with one attached hydrogen (secondary N) is 1. The predicted molar refractivity (Wildman–Crippen MR) is 66.4 cm³/mol. The summed E-state index contributed by atoms with van der Waals surface area (Å²) < 4.78 is 14.8. The number of aryl methyl sites for hydroxylation is 1. The van der Waals surface area contributed by atoms with Gasteiger partial charge in [0.25, 0.3) is 0 Å². The second-order valence-electron chi connectivity index (χ2n) is 3.80. The van der Waals surface area contributed by atoms with E-state index in [-0.39, 0.29) is 5.02 Å². The average molecular weight is 254 g/mol. The van der Waals surface area contributed by atoms with Crippen molar-refractivity contribution in [3.05, 3.63) is 40.8 Å². The summed E-state index contributed by atoms with van der Waals surface area (Å²) in [5.74, 6) is -0.409. The Bertz CT molecular complexity index is 537. The monoisotopic (exact) mass is 253 g/mol. The zero-order valence-electron chi connectivity index (χ0n) is 9.67. The van der Waals surface area contributed by atoms with Crippen LogP contribution in [0.3, 0.4) is 0 Å². The van der Waals surface area contributed by atoms with Crippen molar-refractivity contribution in [1.82, 2.24) is 15.1 Å². The molecule has 0 aliphatic carbocycles. The van der Waals surface area contributed by atoms with Gasteiger partial charge in [0.2, 0.25) is 0 Å². The average Bonchev–Trinajstić information content (AvgIpc) is 2.64. The Hall–Kier alpha value is -1.39. The van der Waals surface area contributed by atoms with E-state index >= 15 is 0 Å². The van der Waals surface area contributed by atoms with Gasteiger partial charge in [-0.05, 0) is 31.3 Å². The molecule has 17 heavy (non-hydrogen) atoms. The lowest BCUT2D eigenvalue weighted by Gasteiger charge is -2.02. The molecular weight excluding hydrogens is 241 g/mol. The fourth-order valence-corrected chi connectivity index (χ4v) is 1.90. The summed E-state index contributed by atoms with van der Waals surface area (Å²) in [5.41, 5.74) is 2.70. The number of benzene rings is 1. The molecule has 0 unspecified atom stereocenters. The van der Waals surface area contributed by atoms with E-state index in [0.717, 1.165) is 17.0 Å². The van der Waals surface area contributed by atoms with E-state index in [1.165, 1.54) is 6.07 Å². The first kappa shape index (κ1) is 12.1. The Morgan fingerprint density at radius 3 is 2.82 bits per heavy atom. The molecule has 1 N–H and O–H groups in total. The van der Waals surface area contributed by atoms with E-state index in [1.807, 2.05) is 20.2 Å². The first-order valence-corrected chi connectivity index (χ1v) is 5.62. The van der Waals surface area contributed by atoms with Crippen LogP contribution in [-0.2, 0) is 13.6 Å². The van der Waals surface area contributed by atoms with Crippen molar-refractivity contribution in [3.8, 4) is 11.3 Å². The zero-order valence-corrected chi connectivity index (χ0v) is 10.4. The van der Waals surface area contributed by atoms with Gasteiger partial charge in [0.05, 0.1) is 16.4 Å². The lowest BCUT2D eigenvalue weighted by atomic mass is 10.1. The highest BCUT2D eigenvalue weighted by molar-refractivity contribution is 6.31. The molecule has 0 saturated heterocycles. The lowest BCUT2D eigenvalue weighted by Crippen LogP contribution is -2.05. The fourth-order valence-electron chi connectivity index (χ4n) is 1.72. The molecular formula is C12H13ClFN3. The van der Waals surface area contributed by atoms with Crippen LogP contribution in [0.5, 0.6) is 0 Å². The van der Waals surface area contributed by atoms with Crippen molar-refractivity contribution in [2.75, 3.05) is 7.05 Å². The summed E-state index contributed by atoms with van der Waals surface area (Å²) in [7, 11) is 3.72. The van der Waals surface area contributed by atoms with Crippen LogP contribution in [0.15, 0.2) is 24.3 Å². The molecule has 0 aliphatic rings. The van der Waals surface area contributed by atoms with Crippen molar-refractivity contribution in [3.63, 3.8) is 0 Å². The zero-order chi connectivity index (χ0) is 12.4. The Labute approximate surface area is 104 Å². The van der Waals surface area contributed by atoms with Gasteiger partial charge < -0.3 is 5.32 Å². The molecule has 90 valence electrons. The molecule has 0 saturated carbocycles. The summed E-state index contributed by atoms with van der Waals surface area (Å²) in [6.45, 7) is 0.697. The number of nitrogens with zero attached hydrogens (tertiary/aromatic N) is 2. The normalized spacial score (nSPS) is 10.8. The summed E-state index contributed by atoms with van der Waals surface area (Å²) in [6.07, 6.45) is 0. The molecule has 5 heteroatoms. The number of rotatable bonds is 3. The van der Waals surface area contributed by atoms with Gasteiger partial charge in [-0.15, -0.1) is 0 Å². The highest BCUT2D eigenvalue weighted by Gasteiger charge is 2.09. The number of aromatic nitrogens is 2. The quantitative estimate of drug-likeness (QED) is 0.911. The topological polar surface area (TPSA) is 29.9 Å². The smallest absolute Gasteiger partial charge is 0.141 e. The second kappa shape index (κ2) is 4.85. The van der Waals surface area contributed by atoms with Crippen molar-refractivity contribution < 1.29 is 4.39 Å². The van der Waals surface area contributed by atoms with E-state index in [9.17, 15) is 4.39 Å². The molecule has 2 aromatic rings. The van der Waals surface area contributed by atoms with E-state index in [1.54, 1.807) is 16.8 Å². The van der Waals surface area contributed by atoms with Crippen LogP contribution in [0.4, 0.5) is 4.39 Å². The van der Waals surface area contributed by atoms with Crippen molar-refractivity contribution >= 4 is 11.6 Å². The lowest BCUT2D eigenvalue weighted by molar-refractivity contribution is 0.628. The Morgan fingerprint density at radius 2 is 2.18 bits per heavy atom. The molecule has 0 radical (unpaired) electrons. The molecule has 1 aromatic heterocycles. The van der Waals surface area contributed by atoms with Gasteiger partial charge in [-0.25, -0.2) is 4.39 Å². The largest absolute Gasteiger partial charge is 0.314 e. The SMILES string of the molecule is CNCc1cc(-c2ccc(F)c(Cl)c2)n(C)n1. The summed E-state index contributed by atoms with van der Waals surface area (Å²) in [4.78, 5) is 0. The van der Waals surface area contributed by atoms with E-state index in [2.05, 4.69) is 10.4 Å². The van der Waals surface area contributed by atoms with Gasteiger partial charge in [-0.2, -0.15) is 5.10 Å². The Balaban J connectivity index is 2.41. The molecule has 0 atom stereocenters. The van der Waals surface area contributed by atoms with Crippen molar-refractivity contribution in [2.45, 2.75) is 6.54 Å². The fraction of sp³-hybridized carbons (Fsp3) is 0.250. The molecule has 2 rings (SSSR count). The van der Waals surface area contributed by atoms with E-state index in [4.69, 9.17) is 11.6 Å². The van der Waals surface area contributed by atoms with Crippen molar-refractivity contribution in [2.24, 2.45) is 7.05 Å². The van der Waals surface area contributed by atoms with Gasteiger partial charge in [0, 0.05) is 19.2 Å². The maximum absolute atomic E-state index is 13.1. The maximum atomic E-state index is 13.1. The van der Waals surface area contributed by atoms with Gasteiger partial charge >= 0.3 is 0 Å². The molecule has 0 aliphatic heterocycles. The van der Waals surface area contributed by atoms with Crippen LogP contribution in [0.25, 0.3) is 11.3 Å². The molecule has 0 bridgehead atoms. The third-order valence-corrected chi connectivity index (χ3v) is 2.79. The number of hydrogen-bond acceptors (Lipinski definition) is 2. The minimum Gasteiger partial charge on any atom is -0.314 e. The minimum absolute atomic E-state index is 0.124. The van der Waals surface area contributed by atoms with Crippen molar-refractivity contribution in [1.29, 1.82) is 0 Å². The van der Waals surface area contributed by atoms with Crippen LogP contribution in [0.2, 0.25) is 5.02 Å². The summed E-state index contributed by atoms with van der Waals surface area (Å²) in [6, 6.07) is 6.63. The molecule has 1 heterocycles. The minimum atomic E-state index is -0.409. The van der Waals surface area contributed by atoms with Gasteiger partial charge in [-0.3, -0.25) is 4.68 Å². The first-order valence-electron chi connectivity index (χ1n) is 5.24. The molecule has 0 amide bonds. The van der Waals surface area contributed by atoms with E-state index < -0.39 is 5.82 Å². The number of halogens is 2. The third-order valence-electron chi connectivity index (χ3n) is 2.50. The number of hydrogen-bond donors (Lipinski definition) is 1. The standard InChI is InChI=1S/C12H13ClFN3/c1-15-7-9-6-12(17(2)16-9)8-3-4-11(14)10(13)5-8/h3-6,15H,7H2,1-2H3. The molecule has 0 spiro atoms. The van der Waals surface area contributed by atoms with Gasteiger partial charge in [-0.1, -0.05) is 11.6 Å². The first-order chi connectivity index (χ1) is 8.11. The van der Waals surface area contributed by atoms with Crippen LogP contribution in [0.1, 0.15) is 5.69 Å². The second-order valence-corrected chi connectivity index (χ2v) is 4.21. The summed E-state index contributed by atoms with van der Waals surface area (Å²) in [5, 5.41) is 7.50. The maximum Gasteiger partial charge on any atom is 0.141 e. The molecule has 0 fully saturated rings. The summed E-state index contributed by atoms with van der Waals surface area (Å²) >= 11 is 5.77. The highest BCUT2D eigenvalue weighted by Crippen LogP contribution is 2.25. The van der Waals surface area contributed by atoms with Crippen LogP contribution in [0, 0.1) is 5.82 Å². The van der Waals surface area contributed by atoms with Gasteiger partial charge in [0.15, 0.2) is 0 Å². The van der Waals surface area contributed by atoms with Crippen LogP contribution in [-0.4, -0.2) is 16.8 Å². The predicted octanol–water partition coefficient (Wildman–Crippen LogP) is 2.60. The molecule has 1 aromatic carbocycles. The highest BCUT2D eigenvalue weighted by atomic mass is 35.5. The Morgan fingerprint density at radius 1 is 1.41 bits per heavy atom. The molecule has 3 nitrogen and oxygen atoms in total. The van der Waals surface area contributed by atoms with Crippen LogP contribution >= 0.6 is 11.6 Å². The van der Waals surface area contributed by atoms with Crippen LogP contribution < -0.4 is 5.32 Å². The van der Waals surface area contributed by atoms with E-state index in [0.29, 0.717) is 6.54 Å². The van der Waals surface area contributed by atoms with Gasteiger partial charge in [0.1, 0.15) is 5.82 Å². The Kier molecular flexibility index (Phi) is 3.45. The third kappa shape index (κ3) is 2.48.